The normalized spacial score (nSPS) is 15.2. The van der Waals surface area contributed by atoms with E-state index in [2.05, 4.69) is 24.0 Å². The van der Waals surface area contributed by atoms with E-state index in [1.54, 1.807) is 4.90 Å². The fourth-order valence-corrected chi connectivity index (χ4v) is 4.18. The molecule has 8 heteroatoms. The van der Waals surface area contributed by atoms with Crippen molar-refractivity contribution in [1.29, 1.82) is 0 Å². The minimum atomic E-state index is -3.98. The molecule has 0 spiro atoms. The number of sulfonamides is 1. The number of aryl methyl sites for hydroxylation is 1. The molecule has 1 heterocycles. The van der Waals surface area contributed by atoms with Crippen LogP contribution in [0.5, 0.6) is 0 Å². The van der Waals surface area contributed by atoms with Gasteiger partial charge in [-0.2, -0.15) is 0 Å². The SMILES string of the molecule is Cc1ccccc1N1CCN(C(=O)c2ccc(Cl)c(S(N)(=O)=O)c2)CC1. The summed E-state index contributed by atoms with van der Waals surface area (Å²) in [4.78, 5) is 16.5. The largest absolute Gasteiger partial charge is 0.368 e. The molecule has 0 aliphatic carbocycles. The minimum Gasteiger partial charge on any atom is -0.368 e. The van der Waals surface area contributed by atoms with Crippen molar-refractivity contribution in [3.8, 4) is 0 Å². The standard InChI is InChI=1S/C18H20ClN3O3S/c1-13-4-2-3-5-16(13)21-8-10-22(11-9-21)18(23)14-6-7-15(19)17(12-14)26(20,24)25/h2-7,12H,8-11H2,1H3,(H2,20,24,25). The van der Waals surface area contributed by atoms with Gasteiger partial charge in [0.1, 0.15) is 4.90 Å². The molecule has 1 fully saturated rings. The Balaban J connectivity index is 1.74. The number of para-hydroxylation sites is 1. The quantitative estimate of drug-likeness (QED) is 0.866. The maximum absolute atomic E-state index is 12.7. The van der Waals surface area contributed by atoms with Gasteiger partial charge in [0.25, 0.3) is 5.91 Å². The second-order valence-corrected chi connectivity index (χ2v) is 8.19. The summed E-state index contributed by atoms with van der Waals surface area (Å²) in [6, 6.07) is 12.3. The van der Waals surface area contributed by atoms with E-state index < -0.39 is 10.0 Å². The van der Waals surface area contributed by atoms with Crippen LogP contribution in [0.1, 0.15) is 15.9 Å². The van der Waals surface area contributed by atoms with Crippen LogP contribution in [-0.2, 0) is 10.0 Å². The van der Waals surface area contributed by atoms with Gasteiger partial charge in [-0.1, -0.05) is 29.8 Å². The smallest absolute Gasteiger partial charge is 0.254 e. The maximum Gasteiger partial charge on any atom is 0.254 e. The molecule has 2 aromatic carbocycles. The molecular weight excluding hydrogens is 374 g/mol. The van der Waals surface area contributed by atoms with Crippen LogP contribution in [0.25, 0.3) is 0 Å². The van der Waals surface area contributed by atoms with Crippen LogP contribution in [-0.4, -0.2) is 45.4 Å². The Labute approximate surface area is 158 Å². The van der Waals surface area contributed by atoms with Gasteiger partial charge in [0, 0.05) is 37.4 Å². The number of hydrogen-bond donors (Lipinski definition) is 1. The monoisotopic (exact) mass is 393 g/mol. The van der Waals surface area contributed by atoms with Crippen molar-refractivity contribution in [2.45, 2.75) is 11.8 Å². The van der Waals surface area contributed by atoms with Crippen molar-refractivity contribution in [2.24, 2.45) is 5.14 Å². The lowest BCUT2D eigenvalue weighted by Gasteiger charge is -2.36. The number of nitrogens with two attached hydrogens (primary N) is 1. The summed E-state index contributed by atoms with van der Waals surface area (Å²) >= 11 is 5.88. The lowest BCUT2D eigenvalue weighted by atomic mass is 10.1. The number of piperazine rings is 1. The molecule has 138 valence electrons. The summed E-state index contributed by atoms with van der Waals surface area (Å²) in [6.07, 6.45) is 0. The highest BCUT2D eigenvalue weighted by Crippen LogP contribution is 2.24. The highest BCUT2D eigenvalue weighted by molar-refractivity contribution is 7.89. The summed E-state index contributed by atoms with van der Waals surface area (Å²) in [5, 5.41) is 5.17. The molecule has 2 aromatic rings. The molecule has 0 saturated carbocycles. The first-order valence-corrected chi connectivity index (χ1v) is 10.1. The van der Waals surface area contributed by atoms with Crippen LogP contribution >= 0.6 is 11.6 Å². The number of benzene rings is 2. The number of hydrogen-bond acceptors (Lipinski definition) is 4. The Morgan fingerprint density at radius 2 is 1.73 bits per heavy atom. The lowest BCUT2D eigenvalue weighted by molar-refractivity contribution is 0.0746. The second-order valence-electron chi connectivity index (χ2n) is 6.26. The molecule has 0 aromatic heterocycles. The van der Waals surface area contributed by atoms with Crippen molar-refractivity contribution in [3.05, 3.63) is 58.6 Å². The van der Waals surface area contributed by atoms with Crippen LogP contribution < -0.4 is 10.0 Å². The summed E-state index contributed by atoms with van der Waals surface area (Å²) in [5.41, 5.74) is 2.63. The fourth-order valence-electron chi connectivity index (χ4n) is 3.11. The summed E-state index contributed by atoms with van der Waals surface area (Å²) in [6.45, 7) is 4.61. The van der Waals surface area contributed by atoms with Crippen molar-refractivity contribution in [3.63, 3.8) is 0 Å². The Morgan fingerprint density at radius 1 is 1.08 bits per heavy atom. The van der Waals surface area contributed by atoms with E-state index >= 15 is 0 Å². The molecule has 1 saturated heterocycles. The van der Waals surface area contributed by atoms with Gasteiger partial charge in [-0.05, 0) is 36.8 Å². The van der Waals surface area contributed by atoms with Gasteiger partial charge < -0.3 is 9.80 Å². The van der Waals surface area contributed by atoms with Crippen molar-refractivity contribution in [2.75, 3.05) is 31.1 Å². The molecule has 3 rings (SSSR count). The highest BCUT2D eigenvalue weighted by Gasteiger charge is 2.24. The first-order valence-electron chi connectivity index (χ1n) is 8.19. The first kappa shape index (κ1) is 18.7. The lowest BCUT2D eigenvalue weighted by Crippen LogP contribution is -2.49. The molecule has 0 atom stereocenters. The minimum absolute atomic E-state index is 0.00780. The number of anilines is 1. The van der Waals surface area contributed by atoms with Gasteiger partial charge in [0.05, 0.1) is 5.02 Å². The van der Waals surface area contributed by atoms with E-state index in [0.29, 0.717) is 26.2 Å². The number of primary sulfonamides is 1. The zero-order valence-corrected chi connectivity index (χ0v) is 15.9. The van der Waals surface area contributed by atoms with Crippen LogP contribution in [0, 0.1) is 6.92 Å². The third-order valence-electron chi connectivity index (χ3n) is 4.51. The van der Waals surface area contributed by atoms with Gasteiger partial charge >= 0.3 is 0 Å². The van der Waals surface area contributed by atoms with Crippen molar-refractivity contribution < 1.29 is 13.2 Å². The highest BCUT2D eigenvalue weighted by atomic mass is 35.5. The molecule has 0 unspecified atom stereocenters. The predicted octanol–water partition coefficient (Wildman–Crippen LogP) is 2.26. The van der Waals surface area contributed by atoms with Gasteiger partial charge in [-0.25, -0.2) is 13.6 Å². The van der Waals surface area contributed by atoms with Gasteiger partial charge in [-0.15, -0.1) is 0 Å². The number of amides is 1. The van der Waals surface area contributed by atoms with E-state index in [0.717, 1.165) is 0 Å². The summed E-state index contributed by atoms with van der Waals surface area (Å²) in [7, 11) is -3.98. The van der Waals surface area contributed by atoms with E-state index in [4.69, 9.17) is 16.7 Å². The Kier molecular flexibility index (Phi) is 5.22. The zero-order valence-electron chi connectivity index (χ0n) is 14.4. The number of rotatable bonds is 3. The van der Waals surface area contributed by atoms with Crippen LogP contribution in [0.4, 0.5) is 5.69 Å². The summed E-state index contributed by atoms with van der Waals surface area (Å²) in [5.74, 6) is -0.226. The molecule has 1 aliphatic rings. The molecule has 0 bridgehead atoms. The molecule has 6 nitrogen and oxygen atoms in total. The Morgan fingerprint density at radius 3 is 2.35 bits per heavy atom. The molecule has 26 heavy (non-hydrogen) atoms. The third kappa shape index (κ3) is 3.85. The average molecular weight is 394 g/mol. The van der Waals surface area contributed by atoms with Crippen LogP contribution in [0.15, 0.2) is 47.4 Å². The summed E-state index contributed by atoms with van der Waals surface area (Å²) < 4.78 is 23.2. The van der Waals surface area contributed by atoms with E-state index in [9.17, 15) is 13.2 Å². The first-order chi connectivity index (χ1) is 12.3. The number of carbonyl (C=O) groups excluding carboxylic acids is 1. The predicted molar refractivity (Wildman–Crippen MR) is 102 cm³/mol. The second kappa shape index (κ2) is 7.26. The number of nitrogens with zero attached hydrogens (tertiary/aromatic N) is 2. The fraction of sp³-hybridized carbons (Fsp3) is 0.278. The van der Waals surface area contributed by atoms with Crippen LogP contribution in [0.3, 0.4) is 0 Å². The zero-order chi connectivity index (χ0) is 18.9. The third-order valence-corrected chi connectivity index (χ3v) is 5.90. The van der Waals surface area contributed by atoms with Gasteiger partial charge in [0.15, 0.2) is 0 Å². The molecule has 0 radical (unpaired) electrons. The topological polar surface area (TPSA) is 83.7 Å². The maximum atomic E-state index is 12.7. The average Bonchev–Trinajstić information content (AvgIpc) is 2.61. The van der Waals surface area contributed by atoms with E-state index in [1.807, 2.05) is 12.1 Å². The number of halogens is 1. The van der Waals surface area contributed by atoms with Crippen molar-refractivity contribution in [1.82, 2.24) is 4.90 Å². The van der Waals surface area contributed by atoms with Crippen LogP contribution in [0.2, 0.25) is 5.02 Å². The number of carbonyl (C=O) groups is 1. The van der Waals surface area contributed by atoms with Gasteiger partial charge in [0.2, 0.25) is 10.0 Å². The molecule has 1 aliphatic heterocycles. The van der Waals surface area contributed by atoms with E-state index in [1.165, 1.54) is 29.4 Å². The van der Waals surface area contributed by atoms with E-state index in [-0.39, 0.29) is 21.4 Å². The molecule has 1 amide bonds. The van der Waals surface area contributed by atoms with Crippen molar-refractivity contribution >= 4 is 33.2 Å². The Bertz CT molecular complexity index is 938. The molecular formula is C18H20ClN3O3S. The van der Waals surface area contributed by atoms with Gasteiger partial charge in [-0.3, -0.25) is 4.79 Å². The Hall–Kier alpha value is -2.09. The molecule has 2 N–H and O–H groups in total.